The van der Waals surface area contributed by atoms with Crippen molar-refractivity contribution in [1.82, 2.24) is 14.9 Å². The van der Waals surface area contributed by atoms with E-state index in [1.807, 2.05) is 36.4 Å². The molecule has 0 radical (unpaired) electrons. The van der Waals surface area contributed by atoms with Crippen LogP contribution in [0.1, 0.15) is 34.6 Å². The number of fused-ring (bicyclic) bond motifs is 3. The van der Waals surface area contributed by atoms with Crippen LogP contribution in [0.25, 0.3) is 11.0 Å². The summed E-state index contributed by atoms with van der Waals surface area (Å²) in [7, 11) is 3.19. The van der Waals surface area contributed by atoms with Crippen LogP contribution in [-0.2, 0) is 19.5 Å². The first-order valence-corrected chi connectivity index (χ1v) is 9.18. The topological polar surface area (TPSA) is 65.4 Å². The summed E-state index contributed by atoms with van der Waals surface area (Å²) in [5.41, 5.74) is 3.47. The summed E-state index contributed by atoms with van der Waals surface area (Å²) in [6, 6.07) is 11.4. The molecule has 0 spiro atoms. The van der Waals surface area contributed by atoms with Crippen LogP contribution in [0, 0.1) is 0 Å². The number of rotatable bonds is 5. The third-order valence-corrected chi connectivity index (χ3v) is 5.05. The maximum atomic E-state index is 12.6. The summed E-state index contributed by atoms with van der Waals surface area (Å²) in [6.07, 6.45) is 3.37. The van der Waals surface area contributed by atoms with E-state index >= 15 is 0 Å². The standard InChI is InChI=1S/C21H23N3O3/c1-26-18-7-5-6-15(20(18)27-2)13-22-21(25)14-9-10-17-16(12-14)23-19-8-3-4-11-24(17)19/h5-7,9-10,12H,3-4,8,11,13H2,1-2H3,(H,22,25). The lowest BCUT2D eigenvalue weighted by atomic mass is 10.1. The number of para-hydroxylation sites is 1. The SMILES string of the molecule is COc1cccc(CNC(=O)c2ccc3c(c2)nc2n3CCCC2)c1OC. The molecule has 1 aliphatic rings. The fourth-order valence-electron chi connectivity index (χ4n) is 3.68. The Morgan fingerprint density at radius 3 is 2.89 bits per heavy atom. The van der Waals surface area contributed by atoms with Gasteiger partial charge in [-0.3, -0.25) is 4.79 Å². The van der Waals surface area contributed by atoms with Crippen molar-refractivity contribution in [3.05, 3.63) is 53.3 Å². The zero-order chi connectivity index (χ0) is 18.8. The molecule has 0 bridgehead atoms. The van der Waals surface area contributed by atoms with Gasteiger partial charge in [-0.25, -0.2) is 4.98 Å². The van der Waals surface area contributed by atoms with Gasteiger partial charge in [0.25, 0.3) is 5.91 Å². The quantitative estimate of drug-likeness (QED) is 0.753. The van der Waals surface area contributed by atoms with E-state index in [0.29, 0.717) is 23.6 Å². The van der Waals surface area contributed by atoms with Crippen molar-refractivity contribution in [2.45, 2.75) is 32.4 Å². The van der Waals surface area contributed by atoms with Gasteiger partial charge in [-0.15, -0.1) is 0 Å². The maximum Gasteiger partial charge on any atom is 0.251 e. The number of nitrogens with one attached hydrogen (secondary N) is 1. The fraction of sp³-hybridized carbons (Fsp3) is 0.333. The Hall–Kier alpha value is -3.02. The molecule has 0 unspecified atom stereocenters. The zero-order valence-corrected chi connectivity index (χ0v) is 15.6. The molecule has 1 aliphatic heterocycles. The van der Waals surface area contributed by atoms with Crippen molar-refractivity contribution in [3.8, 4) is 11.5 Å². The molecule has 1 aromatic heterocycles. The van der Waals surface area contributed by atoms with Crippen LogP contribution in [-0.4, -0.2) is 29.7 Å². The van der Waals surface area contributed by atoms with Crippen molar-refractivity contribution < 1.29 is 14.3 Å². The highest BCUT2D eigenvalue weighted by atomic mass is 16.5. The normalized spacial score (nSPS) is 13.3. The first-order chi connectivity index (χ1) is 13.2. The second-order valence-electron chi connectivity index (χ2n) is 6.68. The zero-order valence-electron chi connectivity index (χ0n) is 15.6. The first kappa shape index (κ1) is 17.4. The number of nitrogens with zero attached hydrogens (tertiary/aromatic N) is 2. The number of hydrogen-bond donors (Lipinski definition) is 1. The molecule has 2 aromatic carbocycles. The lowest BCUT2D eigenvalue weighted by molar-refractivity contribution is 0.0950. The fourth-order valence-corrected chi connectivity index (χ4v) is 3.68. The van der Waals surface area contributed by atoms with E-state index in [-0.39, 0.29) is 5.91 Å². The van der Waals surface area contributed by atoms with Crippen LogP contribution in [0.15, 0.2) is 36.4 Å². The number of ether oxygens (including phenoxy) is 2. The van der Waals surface area contributed by atoms with Crippen LogP contribution in [0.5, 0.6) is 11.5 Å². The summed E-state index contributed by atoms with van der Waals surface area (Å²) in [5, 5.41) is 2.96. The van der Waals surface area contributed by atoms with E-state index in [2.05, 4.69) is 9.88 Å². The van der Waals surface area contributed by atoms with Gasteiger partial charge in [0.1, 0.15) is 5.82 Å². The molecule has 0 saturated carbocycles. The van der Waals surface area contributed by atoms with E-state index in [1.54, 1.807) is 14.2 Å². The number of amides is 1. The monoisotopic (exact) mass is 365 g/mol. The molecule has 0 aliphatic carbocycles. The van der Waals surface area contributed by atoms with Crippen LogP contribution in [0.4, 0.5) is 0 Å². The molecule has 6 nitrogen and oxygen atoms in total. The molecule has 0 fully saturated rings. The predicted molar refractivity (Wildman–Crippen MR) is 103 cm³/mol. The summed E-state index contributed by atoms with van der Waals surface area (Å²) in [6.45, 7) is 1.37. The Balaban J connectivity index is 1.53. The highest BCUT2D eigenvalue weighted by Gasteiger charge is 2.16. The lowest BCUT2D eigenvalue weighted by Crippen LogP contribution is -2.23. The molecule has 1 amide bonds. The molecular formula is C21H23N3O3. The lowest BCUT2D eigenvalue weighted by Gasteiger charge is -2.14. The van der Waals surface area contributed by atoms with Crippen molar-refractivity contribution in [1.29, 1.82) is 0 Å². The molecule has 140 valence electrons. The van der Waals surface area contributed by atoms with Crippen LogP contribution >= 0.6 is 0 Å². The van der Waals surface area contributed by atoms with Gasteiger partial charge in [-0.2, -0.15) is 0 Å². The Morgan fingerprint density at radius 1 is 1.19 bits per heavy atom. The molecule has 2 heterocycles. The molecule has 3 aromatic rings. The number of imidazole rings is 1. The van der Waals surface area contributed by atoms with Gasteiger partial charge in [-0.1, -0.05) is 12.1 Å². The van der Waals surface area contributed by atoms with Gasteiger partial charge < -0.3 is 19.4 Å². The smallest absolute Gasteiger partial charge is 0.251 e. The minimum atomic E-state index is -0.132. The number of carbonyl (C=O) groups excluding carboxylic acids is 1. The highest BCUT2D eigenvalue weighted by Crippen LogP contribution is 2.30. The second kappa shape index (κ2) is 7.31. The number of aromatic nitrogens is 2. The maximum absolute atomic E-state index is 12.6. The van der Waals surface area contributed by atoms with Gasteiger partial charge in [0.05, 0.1) is 25.3 Å². The van der Waals surface area contributed by atoms with Crippen molar-refractivity contribution >= 4 is 16.9 Å². The minimum Gasteiger partial charge on any atom is -0.493 e. The third-order valence-electron chi connectivity index (χ3n) is 5.05. The van der Waals surface area contributed by atoms with Crippen molar-refractivity contribution in [2.75, 3.05) is 14.2 Å². The highest BCUT2D eigenvalue weighted by molar-refractivity contribution is 5.97. The Labute approximate surface area is 158 Å². The molecule has 0 saturated heterocycles. The molecular weight excluding hydrogens is 342 g/mol. The number of hydrogen-bond acceptors (Lipinski definition) is 4. The summed E-state index contributed by atoms with van der Waals surface area (Å²) >= 11 is 0. The van der Waals surface area contributed by atoms with Crippen molar-refractivity contribution in [2.24, 2.45) is 0 Å². The first-order valence-electron chi connectivity index (χ1n) is 9.18. The average molecular weight is 365 g/mol. The van der Waals surface area contributed by atoms with Crippen LogP contribution in [0.2, 0.25) is 0 Å². The van der Waals surface area contributed by atoms with Crippen LogP contribution < -0.4 is 14.8 Å². The van der Waals surface area contributed by atoms with Gasteiger partial charge in [0.2, 0.25) is 0 Å². The molecule has 6 heteroatoms. The van der Waals surface area contributed by atoms with E-state index in [1.165, 1.54) is 12.8 Å². The Kier molecular flexibility index (Phi) is 4.71. The predicted octanol–water partition coefficient (Wildman–Crippen LogP) is 3.32. The van der Waals surface area contributed by atoms with Gasteiger partial charge in [0, 0.05) is 30.6 Å². The van der Waals surface area contributed by atoms with E-state index < -0.39 is 0 Å². The van der Waals surface area contributed by atoms with Gasteiger partial charge in [-0.05, 0) is 37.1 Å². The van der Waals surface area contributed by atoms with Crippen LogP contribution in [0.3, 0.4) is 0 Å². The Bertz CT molecular complexity index is 994. The average Bonchev–Trinajstić information content (AvgIpc) is 3.09. The van der Waals surface area contributed by atoms with Gasteiger partial charge in [0.15, 0.2) is 11.5 Å². The molecule has 1 N–H and O–H groups in total. The molecule has 0 atom stereocenters. The van der Waals surface area contributed by atoms with Crippen molar-refractivity contribution in [3.63, 3.8) is 0 Å². The summed E-state index contributed by atoms with van der Waals surface area (Å²) < 4.78 is 13.0. The Morgan fingerprint density at radius 2 is 2.07 bits per heavy atom. The summed E-state index contributed by atoms with van der Waals surface area (Å²) in [5.74, 6) is 2.27. The van der Waals surface area contributed by atoms with Gasteiger partial charge >= 0.3 is 0 Å². The van der Waals surface area contributed by atoms with E-state index in [4.69, 9.17) is 14.5 Å². The summed E-state index contributed by atoms with van der Waals surface area (Å²) in [4.78, 5) is 17.4. The number of methoxy groups -OCH3 is 2. The minimum absolute atomic E-state index is 0.132. The molecule has 4 rings (SSSR count). The number of benzene rings is 2. The number of carbonyl (C=O) groups is 1. The van der Waals surface area contributed by atoms with E-state index in [0.717, 1.165) is 35.4 Å². The number of aryl methyl sites for hydroxylation is 2. The largest absolute Gasteiger partial charge is 0.493 e. The third kappa shape index (κ3) is 3.23. The van der Waals surface area contributed by atoms with E-state index in [9.17, 15) is 4.79 Å². The second-order valence-corrected chi connectivity index (χ2v) is 6.68. The molecule has 27 heavy (non-hydrogen) atoms.